The van der Waals surface area contributed by atoms with Crippen LogP contribution in [0.25, 0.3) is 11.3 Å². The minimum Gasteiger partial charge on any atom is -0.496 e. The molecule has 0 amide bonds. The van der Waals surface area contributed by atoms with Crippen LogP contribution in [-0.2, 0) is 20.1 Å². The molecule has 118 valence electrons. The normalized spacial score (nSPS) is 10.7. The van der Waals surface area contributed by atoms with Gasteiger partial charge in [-0.15, -0.1) is 0 Å². The van der Waals surface area contributed by atoms with Crippen molar-refractivity contribution in [2.75, 3.05) is 7.11 Å². The van der Waals surface area contributed by atoms with Crippen LogP contribution in [0.2, 0.25) is 0 Å². The molecule has 23 heavy (non-hydrogen) atoms. The van der Waals surface area contributed by atoms with E-state index in [1.54, 1.807) is 13.3 Å². The molecule has 3 rings (SSSR count). The molecule has 0 aliphatic heterocycles. The van der Waals surface area contributed by atoms with Crippen molar-refractivity contribution in [1.82, 2.24) is 20.1 Å². The molecule has 0 saturated carbocycles. The number of methoxy groups -OCH3 is 1. The molecule has 0 atom stereocenters. The van der Waals surface area contributed by atoms with Gasteiger partial charge in [-0.1, -0.05) is 18.2 Å². The quantitative estimate of drug-likeness (QED) is 0.761. The Morgan fingerprint density at radius 3 is 2.70 bits per heavy atom. The van der Waals surface area contributed by atoms with Crippen LogP contribution >= 0.6 is 0 Å². The van der Waals surface area contributed by atoms with Crippen LogP contribution in [0.1, 0.15) is 11.1 Å². The number of nitrogens with one attached hydrogen (secondary N) is 1. The van der Waals surface area contributed by atoms with Gasteiger partial charge < -0.3 is 10.1 Å². The fourth-order valence-corrected chi connectivity index (χ4v) is 2.59. The Labute approximate surface area is 135 Å². The molecule has 0 unspecified atom stereocenters. The maximum atomic E-state index is 5.38. The van der Waals surface area contributed by atoms with E-state index in [2.05, 4.69) is 21.5 Å². The molecule has 0 bridgehead atoms. The Bertz CT molecular complexity index is 768. The van der Waals surface area contributed by atoms with E-state index in [9.17, 15) is 0 Å². The van der Waals surface area contributed by atoms with Crippen molar-refractivity contribution < 1.29 is 4.74 Å². The Kier molecular flexibility index (Phi) is 4.68. The van der Waals surface area contributed by atoms with Gasteiger partial charge in [0.25, 0.3) is 0 Å². The van der Waals surface area contributed by atoms with Crippen molar-refractivity contribution in [3.63, 3.8) is 0 Å². The predicted molar refractivity (Wildman–Crippen MR) is 90.0 cm³/mol. The number of hydrogen-bond acceptors (Lipinski definition) is 4. The van der Waals surface area contributed by atoms with E-state index in [4.69, 9.17) is 4.74 Å². The largest absolute Gasteiger partial charge is 0.496 e. The highest BCUT2D eigenvalue weighted by atomic mass is 16.5. The third kappa shape index (κ3) is 3.57. The van der Waals surface area contributed by atoms with Crippen molar-refractivity contribution >= 4 is 0 Å². The van der Waals surface area contributed by atoms with Crippen LogP contribution in [0.3, 0.4) is 0 Å². The summed E-state index contributed by atoms with van der Waals surface area (Å²) in [7, 11) is 3.63. The Hall–Kier alpha value is -2.66. The summed E-state index contributed by atoms with van der Waals surface area (Å²) in [5, 5.41) is 8.01. The van der Waals surface area contributed by atoms with Gasteiger partial charge in [0.2, 0.25) is 0 Å². The lowest BCUT2D eigenvalue weighted by molar-refractivity contribution is 0.407. The zero-order valence-corrected chi connectivity index (χ0v) is 13.4. The SMILES string of the molecule is COc1ccccc1CNCc1cn(C)nc1-c1cccnc1. The summed E-state index contributed by atoms with van der Waals surface area (Å²) in [6, 6.07) is 12.0. The average Bonchev–Trinajstić information content (AvgIpc) is 2.97. The highest BCUT2D eigenvalue weighted by Gasteiger charge is 2.10. The van der Waals surface area contributed by atoms with E-state index in [0.29, 0.717) is 0 Å². The number of nitrogens with zero attached hydrogens (tertiary/aromatic N) is 3. The second kappa shape index (κ2) is 7.07. The summed E-state index contributed by atoms with van der Waals surface area (Å²) in [5.74, 6) is 0.902. The van der Waals surface area contributed by atoms with Gasteiger partial charge in [-0.2, -0.15) is 5.10 Å². The highest BCUT2D eigenvalue weighted by Crippen LogP contribution is 2.21. The van der Waals surface area contributed by atoms with Crippen molar-refractivity contribution in [2.24, 2.45) is 7.05 Å². The molecule has 0 spiro atoms. The number of pyridine rings is 1. The van der Waals surface area contributed by atoms with E-state index in [1.165, 1.54) is 0 Å². The zero-order valence-electron chi connectivity index (χ0n) is 13.4. The van der Waals surface area contributed by atoms with Crippen LogP contribution in [0.5, 0.6) is 5.75 Å². The molecule has 1 aromatic carbocycles. The topological polar surface area (TPSA) is 52.0 Å². The summed E-state index contributed by atoms with van der Waals surface area (Å²) in [6.07, 6.45) is 5.65. The maximum Gasteiger partial charge on any atom is 0.123 e. The van der Waals surface area contributed by atoms with Gasteiger partial charge in [0.15, 0.2) is 0 Å². The van der Waals surface area contributed by atoms with Crippen LogP contribution in [0.15, 0.2) is 55.0 Å². The van der Waals surface area contributed by atoms with Gasteiger partial charge in [-0.3, -0.25) is 9.67 Å². The maximum absolute atomic E-state index is 5.38. The first-order chi connectivity index (χ1) is 11.3. The summed E-state index contributed by atoms with van der Waals surface area (Å²) < 4.78 is 7.22. The molecule has 0 fully saturated rings. The minimum atomic E-state index is 0.732. The van der Waals surface area contributed by atoms with Gasteiger partial charge >= 0.3 is 0 Å². The third-order valence-electron chi connectivity index (χ3n) is 3.66. The second-order valence-corrected chi connectivity index (χ2v) is 5.33. The summed E-state index contributed by atoms with van der Waals surface area (Å²) in [4.78, 5) is 4.18. The molecular weight excluding hydrogens is 288 g/mol. The first-order valence-corrected chi connectivity index (χ1v) is 7.53. The van der Waals surface area contributed by atoms with E-state index < -0.39 is 0 Å². The molecule has 0 radical (unpaired) electrons. The molecule has 3 aromatic rings. The Morgan fingerprint density at radius 2 is 1.91 bits per heavy atom. The number of aromatic nitrogens is 3. The third-order valence-corrected chi connectivity index (χ3v) is 3.66. The first-order valence-electron chi connectivity index (χ1n) is 7.53. The lowest BCUT2D eigenvalue weighted by Gasteiger charge is -2.09. The van der Waals surface area contributed by atoms with E-state index in [0.717, 1.165) is 41.2 Å². The monoisotopic (exact) mass is 308 g/mol. The van der Waals surface area contributed by atoms with Crippen molar-refractivity contribution in [3.05, 3.63) is 66.1 Å². The minimum absolute atomic E-state index is 0.732. The molecule has 0 aliphatic rings. The number of hydrogen-bond donors (Lipinski definition) is 1. The summed E-state index contributed by atoms with van der Waals surface area (Å²) in [6.45, 7) is 1.47. The van der Waals surface area contributed by atoms with Crippen LogP contribution in [0.4, 0.5) is 0 Å². The Morgan fingerprint density at radius 1 is 1.09 bits per heavy atom. The van der Waals surface area contributed by atoms with Gasteiger partial charge in [0, 0.05) is 55.4 Å². The predicted octanol–water partition coefficient (Wildman–Crippen LogP) is 2.78. The molecule has 5 nitrogen and oxygen atoms in total. The lowest BCUT2D eigenvalue weighted by atomic mass is 10.1. The molecular formula is C18H20N4O. The van der Waals surface area contributed by atoms with Gasteiger partial charge in [0.05, 0.1) is 12.8 Å². The smallest absolute Gasteiger partial charge is 0.123 e. The number of ether oxygens (including phenoxy) is 1. The van der Waals surface area contributed by atoms with Crippen LogP contribution in [0, 0.1) is 0 Å². The lowest BCUT2D eigenvalue weighted by Crippen LogP contribution is -2.13. The molecule has 0 aliphatic carbocycles. The number of para-hydroxylation sites is 1. The second-order valence-electron chi connectivity index (χ2n) is 5.33. The van der Waals surface area contributed by atoms with E-state index >= 15 is 0 Å². The molecule has 2 aromatic heterocycles. The fourth-order valence-electron chi connectivity index (χ4n) is 2.59. The molecule has 2 heterocycles. The molecule has 5 heteroatoms. The van der Waals surface area contributed by atoms with Crippen LogP contribution in [-0.4, -0.2) is 21.9 Å². The number of benzene rings is 1. The highest BCUT2D eigenvalue weighted by molar-refractivity contribution is 5.61. The zero-order chi connectivity index (χ0) is 16.1. The molecule has 1 N–H and O–H groups in total. The van der Waals surface area contributed by atoms with Crippen LogP contribution < -0.4 is 10.1 Å². The van der Waals surface area contributed by atoms with Gasteiger partial charge in [-0.05, 0) is 18.2 Å². The average molecular weight is 308 g/mol. The first kappa shape index (κ1) is 15.2. The number of aryl methyl sites for hydroxylation is 1. The molecule has 0 saturated heterocycles. The number of rotatable bonds is 6. The van der Waals surface area contributed by atoms with Crippen molar-refractivity contribution in [1.29, 1.82) is 0 Å². The van der Waals surface area contributed by atoms with E-state index in [1.807, 2.05) is 54.5 Å². The fraction of sp³-hybridized carbons (Fsp3) is 0.222. The van der Waals surface area contributed by atoms with Crippen molar-refractivity contribution in [2.45, 2.75) is 13.1 Å². The van der Waals surface area contributed by atoms with E-state index in [-0.39, 0.29) is 0 Å². The van der Waals surface area contributed by atoms with Gasteiger partial charge in [-0.25, -0.2) is 0 Å². The Balaban J connectivity index is 1.72. The van der Waals surface area contributed by atoms with Crippen molar-refractivity contribution in [3.8, 4) is 17.0 Å². The summed E-state index contributed by atoms with van der Waals surface area (Å²) >= 11 is 0. The van der Waals surface area contributed by atoms with Gasteiger partial charge in [0.1, 0.15) is 5.75 Å². The summed E-state index contributed by atoms with van der Waals surface area (Å²) in [5.41, 5.74) is 4.28. The standard InChI is InChI=1S/C18H20N4O/c1-22-13-16(18(21-22)15-7-5-9-19-11-15)12-20-10-14-6-3-4-8-17(14)23-2/h3-9,11,13,20H,10,12H2,1-2H3.